The van der Waals surface area contributed by atoms with Crippen LogP contribution >= 0.6 is 35.0 Å². The Labute approximate surface area is 232 Å². The molecule has 0 unspecified atom stereocenters. The van der Waals surface area contributed by atoms with E-state index < -0.39 is 6.04 Å². The van der Waals surface area contributed by atoms with Crippen LogP contribution in [0.1, 0.15) is 37.0 Å². The normalized spacial score (nSPS) is 12.6. The lowest BCUT2D eigenvalue weighted by molar-refractivity contribution is -0.139. The number of halogens is 3. The van der Waals surface area contributed by atoms with Gasteiger partial charge in [0.25, 0.3) is 0 Å². The summed E-state index contributed by atoms with van der Waals surface area (Å²) in [6, 6.07) is 20.2. The average molecular weight is 562 g/mol. The number of rotatable bonds is 12. The molecule has 0 saturated heterocycles. The van der Waals surface area contributed by atoms with Crippen molar-refractivity contribution in [2.75, 3.05) is 5.75 Å². The maximum Gasteiger partial charge on any atom is 0.243 e. The third-order valence-electron chi connectivity index (χ3n) is 6.04. The Balaban J connectivity index is 1.88. The topological polar surface area (TPSA) is 49.4 Å². The van der Waals surface area contributed by atoms with E-state index in [9.17, 15) is 14.0 Å². The van der Waals surface area contributed by atoms with E-state index in [0.29, 0.717) is 27.8 Å². The van der Waals surface area contributed by atoms with E-state index >= 15 is 0 Å². The molecule has 196 valence electrons. The average Bonchev–Trinajstić information content (AvgIpc) is 2.88. The van der Waals surface area contributed by atoms with E-state index in [0.717, 1.165) is 17.5 Å². The fourth-order valence-electron chi connectivity index (χ4n) is 3.75. The lowest BCUT2D eigenvalue weighted by Gasteiger charge is -2.32. The largest absolute Gasteiger partial charge is 0.352 e. The van der Waals surface area contributed by atoms with Gasteiger partial charge in [-0.1, -0.05) is 78.7 Å². The first-order valence-corrected chi connectivity index (χ1v) is 14.1. The van der Waals surface area contributed by atoms with Crippen molar-refractivity contribution in [1.29, 1.82) is 0 Å². The van der Waals surface area contributed by atoms with Crippen LogP contribution in [-0.4, -0.2) is 34.6 Å². The third kappa shape index (κ3) is 9.06. The molecule has 0 aliphatic heterocycles. The van der Waals surface area contributed by atoms with Crippen LogP contribution in [-0.2, 0) is 28.3 Å². The Morgan fingerprint density at radius 3 is 2.35 bits per heavy atom. The van der Waals surface area contributed by atoms with E-state index in [1.165, 1.54) is 23.9 Å². The van der Waals surface area contributed by atoms with Crippen LogP contribution in [0.2, 0.25) is 10.0 Å². The number of thioether (sulfide) groups is 1. The van der Waals surface area contributed by atoms with Crippen molar-refractivity contribution in [3.8, 4) is 0 Å². The molecule has 0 aromatic heterocycles. The molecule has 0 heterocycles. The zero-order valence-electron chi connectivity index (χ0n) is 20.9. The monoisotopic (exact) mass is 560 g/mol. The van der Waals surface area contributed by atoms with Crippen LogP contribution in [0.5, 0.6) is 0 Å². The smallest absolute Gasteiger partial charge is 0.243 e. The van der Waals surface area contributed by atoms with Gasteiger partial charge >= 0.3 is 0 Å². The van der Waals surface area contributed by atoms with Crippen LogP contribution in [0.25, 0.3) is 0 Å². The number of amides is 2. The van der Waals surface area contributed by atoms with Crippen molar-refractivity contribution in [2.45, 2.75) is 51.1 Å². The summed E-state index contributed by atoms with van der Waals surface area (Å²) < 4.78 is 13.2. The van der Waals surface area contributed by atoms with E-state index in [4.69, 9.17) is 23.2 Å². The van der Waals surface area contributed by atoms with E-state index in [2.05, 4.69) is 5.32 Å². The van der Waals surface area contributed by atoms with Gasteiger partial charge in [-0.2, -0.15) is 0 Å². The highest BCUT2D eigenvalue weighted by Crippen LogP contribution is 2.25. The maximum atomic E-state index is 13.7. The Bertz CT molecular complexity index is 1180. The standard InChI is InChI=1S/C29H31Cl2FN2O2S/c1-3-20(2)33-29(36)27(15-21-7-5-4-6-8-21)34(17-23-11-12-24(30)16-26(23)31)28(35)19-37-18-22-9-13-25(32)14-10-22/h4-14,16,20,27H,3,15,17-19H2,1-2H3,(H,33,36)/t20-,27+/m0/s1. The number of hydrogen-bond acceptors (Lipinski definition) is 3. The van der Waals surface area contributed by atoms with Crippen molar-refractivity contribution in [2.24, 2.45) is 0 Å². The van der Waals surface area contributed by atoms with Gasteiger partial charge in [-0.05, 0) is 54.3 Å². The van der Waals surface area contributed by atoms with Crippen molar-refractivity contribution >= 4 is 46.8 Å². The van der Waals surface area contributed by atoms with Crippen LogP contribution < -0.4 is 5.32 Å². The summed E-state index contributed by atoms with van der Waals surface area (Å²) >= 11 is 14.0. The predicted molar refractivity (Wildman–Crippen MR) is 151 cm³/mol. The Kier molecular flexibility index (Phi) is 11.3. The molecule has 3 rings (SSSR count). The molecule has 0 saturated carbocycles. The van der Waals surface area contributed by atoms with Gasteiger partial charge in [0.15, 0.2) is 0 Å². The fraction of sp³-hybridized carbons (Fsp3) is 0.310. The lowest BCUT2D eigenvalue weighted by Crippen LogP contribution is -2.52. The number of carbonyl (C=O) groups excluding carboxylic acids is 2. The zero-order valence-corrected chi connectivity index (χ0v) is 23.3. The first kappa shape index (κ1) is 29.0. The summed E-state index contributed by atoms with van der Waals surface area (Å²) in [6.45, 7) is 4.11. The molecule has 2 atom stereocenters. The molecule has 0 radical (unpaired) electrons. The summed E-state index contributed by atoms with van der Waals surface area (Å²) in [4.78, 5) is 28.8. The SMILES string of the molecule is CC[C@H](C)NC(=O)[C@@H](Cc1ccccc1)N(Cc1ccc(Cl)cc1Cl)C(=O)CSCc1ccc(F)cc1. The number of hydrogen-bond donors (Lipinski definition) is 1. The molecule has 8 heteroatoms. The lowest BCUT2D eigenvalue weighted by atomic mass is 10.0. The molecule has 3 aromatic carbocycles. The number of nitrogens with one attached hydrogen (secondary N) is 1. The molecule has 0 fully saturated rings. The molecule has 4 nitrogen and oxygen atoms in total. The zero-order chi connectivity index (χ0) is 26.8. The molecule has 0 bridgehead atoms. The van der Waals surface area contributed by atoms with Crippen molar-refractivity contribution in [3.05, 3.63) is 105 Å². The molecule has 1 N–H and O–H groups in total. The summed E-state index contributed by atoms with van der Waals surface area (Å²) in [7, 11) is 0. The first-order valence-electron chi connectivity index (χ1n) is 12.2. The first-order chi connectivity index (χ1) is 17.8. The highest BCUT2D eigenvalue weighted by molar-refractivity contribution is 7.99. The number of benzene rings is 3. The molecule has 0 spiro atoms. The second kappa shape index (κ2) is 14.4. The molecule has 2 amide bonds. The summed E-state index contributed by atoms with van der Waals surface area (Å²) in [5.41, 5.74) is 2.57. The Morgan fingerprint density at radius 1 is 1.00 bits per heavy atom. The van der Waals surface area contributed by atoms with Gasteiger partial charge in [-0.3, -0.25) is 9.59 Å². The minimum Gasteiger partial charge on any atom is -0.352 e. The Hall–Kier alpha value is -2.54. The van der Waals surface area contributed by atoms with Crippen LogP contribution in [0.4, 0.5) is 4.39 Å². The van der Waals surface area contributed by atoms with Crippen LogP contribution in [0.15, 0.2) is 72.8 Å². The van der Waals surface area contributed by atoms with Gasteiger partial charge in [0, 0.05) is 34.8 Å². The summed E-state index contributed by atoms with van der Waals surface area (Å²) in [5.74, 6) is 0.0134. The molecule has 0 aliphatic rings. The van der Waals surface area contributed by atoms with Gasteiger partial charge in [-0.25, -0.2) is 4.39 Å². The minimum absolute atomic E-state index is 0.0327. The van der Waals surface area contributed by atoms with Gasteiger partial charge in [0.1, 0.15) is 11.9 Å². The van der Waals surface area contributed by atoms with Crippen LogP contribution in [0.3, 0.4) is 0 Å². The van der Waals surface area contributed by atoms with Gasteiger partial charge in [0.05, 0.1) is 5.75 Å². The maximum absolute atomic E-state index is 13.7. The molecule has 0 aliphatic carbocycles. The second-order valence-corrected chi connectivity index (χ2v) is 10.7. The highest BCUT2D eigenvalue weighted by atomic mass is 35.5. The summed E-state index contributed by atoms with van der Waals surface area (Å²) in [6.07, 6.45) is 1.14. The molecular formula is C29H31Cl2FN2O2S. The highest BCUT2D eigenvalue weighted by Gasteiger charge is 2.31. The van der Waals surface area contributed by atoms with Gasteiger partial charge in [0.2, 0.25) is 11.8 Å². The molecule has 37 heavy (non-hydrogen) atoms. The third-order valence-corrected chi connectivity index (χ3v) is 7.61. The van der Waals surface area contributed by atoms with Crippen molar-refractivity contribution in [3.63, 3.8) is 0 Å². The van der Waals surface area contributed by atoms with Crippen LogP contribution in [0, 0.1) is 5.82 Å². The fourth-order valence-corrected chi connectivity index (χ4v) is 5.09. The quantitative estimate of drug-likeness (QED) is 0.261. The van der Waals surface area contributed by atoms with Gasteiger partial charge < -0.3 is 10.2 Å². The van der Waals surface area contributed by atoms with E-state index in [1.54, 1.807) is 35.2 Å². The Morgan fingerprint density at radius 2 is 1.70 bits per heavy atom. The van der Waals surface area contributed by atoms with Gasteiger partial charge in [-0.15, -0.1) is 11.8 Å². The summed E-state index contributed by atoms with van der Waals surface area (Å²) in [5, 5.41) is 3.99. The second-order valence-electron chi connectivity index (χ2n) is 8.90. The van der Waals surface area contributed by atoms with Crippen molar-refractivity contribution in [1.82, 2.24) is 10.2 Å². The predicted octanol–water partition coefficient (Wildman–Crippen LogP) is 6.92. The van der Waals surface area contributed by atoms with E-state index in [-0.39, 0.29) is 36.0 Å². The molecular weight excluding hydrogens is 530 g/mol. The number of nitrogens with zero attached hydrogens (tertiary/aromatic N) is 1. The van der Waals surface area contributed by atoms with Crippen molar-refractivity contribution < 1.29 is 14.0 Å². The molecule has 3 aromatic rings. The van der Waals surface area contributed by atoms with E-state index in [1.807, 2.05) is 44.2 Å². The minimum atomic E-state index is -0.734. The number of carbonyl (C=O) groups is 2.